The van der Waals surface area contributed by atoms with E-state index in [0.29, 0.717) is 0 Å². The summed E-state index contributed by atoms with van der Waals surface area (Å²) in [6, 6.07) is 0. The van der Waals surface area contributed by atoms with Crippen molar-refractivity contribution in [3.8, 4) is 5.75 Å². The van der Waals surface area contributed by atoms with Crippen LogP contribution in [0.3, 0.4) is 0 Å². The molecule has 6 nitrogen and oxygen atoms in total. The fourth-order valence-electron chi connectivity index (χ4n) is 0.454. The molecule has 0 radical (unpaired) electrons. The summed E-state index contributed by atoms with van der Waals surface area (Å²) in [5.41, 5.74) is -2.12. The molecule has 1 rings (SSSR count). The summed E-state index contributed by atoms with van der Waals surface area (Å²) in [4.78, 5) is 22.7. The molecule has 10 heavy (non-hydrogen) atoms. The normalized spacial score (nSPS) is 9.60. The molecule has 1 aromatic heterocycles. The number of nitrogens with zero attached hydrogens (tertiary/aromatic N) is 1. The maximum absolute atomic E-state index is 10.4. The van der Waals surface area contributed by atoms with Crippen LogP contribution in [0.1, 0.15) is 0 Å². The van der Waals surface area contributed by atoms with Crippen molar-refractivity contribution >= 4 is 0 Å². The first-order valence-electron chi connectivity index (χ1n) is 2.36. The molecule has 0 aliphatic heterocycles. The molecule has 0 aliphatic rings. The van der Waals surface area contributed by atoms with Gasteiger partial charge in [-0.1, -0.05) is 4.73 Å². The molecule has 0 saturated carbocycles. The SMILES string of the molecule is O=c1[nH]cc(O)c(=O)n1O. The van der Waals surface area contributed by atoms with Crippen molar-refractivity contribution < 1.29 is 10.3 Å². The summed E-state index contributed by atoms with van der Waals surface area (Å²) in [6.45, 7) is 0. The maximum Gasteiger partial charge on any atom is 0.362 e. The molecular weight excluding hydrogens is 140 g/mol. The fraction of sp³-hybridized carbons (Fsp3) is 0. The zero-order valence-corrected chi connectivity index (χ0v) is 4.74. The van der Waals surface area contributed by atoms with Crippen LogP contribution in [0.15, 0.2) is 15.8 Å². The first kappa shape index (κ1) is 6.40. The van der Waals surface area contributed by atoms with Gasteiger partial charge in [-0.3, -0.25) is 4.79 Å². The summed E-state index contributed by atoms with van der Waals surface area (Å²) in [5.74, 6) is -0.706. The standard InChI is InChI=1S/C4H4N2O4/c7-2-1-5-4(9)6(10)3(2)8/h1,7,10H,(H,5,9). The van der Waals surface area contributed by atoms with E-state index in [4.69, 9.17) is 10.3 Å². The number of aromatic hydroxyl groups is 1. The van der Waals surface area contributed by atoms with E-state index in [1.807, 2.05) is 4.98 Å². The number of aromatic amines is 1. The van der Waals surface area contributed by atoms with Gasteiger partial charge in [0.25, 0.3) is 0 Å². The highest BCUT2D eigenvalue weighted by Gasteiger charge is 2.01. The molecule has 0 amide bonds. The molecule has 6 heteroatoms. The van der Waals surface area contributed by atoms with E-state index in [0.717, 1.165) is 6.20 Å². The Morgan fingerprint density at radius 2 is 2.10 bits per heavy atom. The van der Waals surface area contributed by atoms with Crippen molar-refractivity contribution in [1.29, 1.82) is 0 Å². The molecule has 0 aromatic carbocycles. The third kappa shape index (κ3) is 0.750. The van der Waals surface area contributed by atoms with E-state index in [-0.39, 0.29) is 4.73 Å². The number of aromatic nitrogens is 2. The van der Waals surface area contributed by atoms with Crippen LogP contribution in [0.2, 0.25) is 0 Å². The Kier molecular flexibility index (Phi) is 1.22. The Morgan fingerprint density at radius 3 is 2.60 bits per heavy atom. The van der Waals surface area contributed by atoms with Gasteiger partial charge in [-0.25, -0.2) is 4.79 Å². The molecule has 0 fully saturated rings. The Hall–Kier alpha value is -1.72. The fourth-order valence-corrected chi connectivity index (χ4v) is 0.454. The lowest BCUT2D eigenvalue weighted by Gasteiger charge is -1.91. The summed E-state index contributed by atoms with van der Waals surface area (Å²) < 4.78 is -0.213. The Morgan fingerprint density at radius 1 is 1.50 bits per heavy atom. The van der Waals surface area contributed by atoms with Crippen LogP contribution in [-0.4, -0.2) is 20.0 Å². The van der Waals surface area contributed by atoms with Crippen molar-refractivity contribution in [1.82, 2.24) is 9.71 Å². The Bertz CT molecular complexity index is 349. The molecule has 3 N–H and O–H groups in total. The van der Waals surface area contributed by atoms with Crippen LogP contribution in [0, 0.1) is 0 Å². The second-order valence-electron chi connectivity index (χ2n) is 1.60. The Balaban J connectivity index is 3.66. The van der Waals surface area contributed by atoms with Crippen molar-refractivity contribution in [2.24, 2.45) is 0 Å². The molecule has 54 valence electrons. The molecular formula is C4H4N2O4. The van der Waals surface area contributed by atoms with Crippen LogP contribution in [0.4, 0.5) is 0 Å². The molecule has 1 aromatic rings. The minimum absolute atomic E-state index is 0.213. The summed E-state index contributed by atoms with van der Waals surface area (Å²) in [5, 5.41) is 17.0. The predicted molar refractivity (Wildman–Crippen MR) is 30.2 cm³/mol. The molecule has 0 spiro atoms. The largest absolute Gasteiger partial charge is 0.502 e. The minimum atomic E-state index is -1.14. The van der Waals surface area contributed by atoms with Gasteiger partial charge in [0.1, 0.15) is 0 Å². The molecule has 0 bridgehead atoms. The lowest BCUT2D eigenvalue weighted by Crippen LogP contribution is -2.32. The van der Waals surface area contributed by atoms with Gasteiger partial charge in [0.05, 0.1) is 6.20 Å². The summed E-state index contributed by atoms with van der Waals surface area (Å²) in [7, 11) is 0. The smallest absolute Gasteiger partial charge is 0.362 e. The van der Waals surface area contributed by atoms with Gasteiger partial charge in [0.2, 0.25) is 5.75 Å². The van der Waals surface area contributed by atoms with E-state index < -0.39 is 17.0 Å². The Labute approximate surface area is 53.9 Å². The minimum Gasteiger partial charge on any atom is -0.502 e. The van der Waals surface area contributed by atoms with Gasteiger partial charge < -0.3 is 15.3 Å². The van der Waals surface area contributed by atoms with Crippen LogP contribution in [-0.2, 0) is 0 Å². The van der Waals surface area contributed by atoms with Gasteiger partial charge in [-0.2, -0.15) is 0 Å². The molecule has 0 saturated heterocycles. The monoisotopic (exact) mass is 144 g/mol. The molecule has 0 atom stereocenters. The van der Waals surface area contributed by atoms with Crippen LogP contribution < -0.4 is 11.2 Å². The average molecular weight is 144 g/mol. The maximum atomic E-state index is 10.4. The van der Waals surface area contributed by atoms with E-state index in [1.54, 1.807) is 0 Å². The van der Waals surface area contributed by atoms with Gasteiger partial charge in [0.15, 0.2) is 0 Å². The van der Waals surface area contributed by atoms with E-state index in [9.17, 15) is 9.59 Å². The third-order valence-electron chi connectivity index (χ3n) is 0.936. The van der Waals surface area contributed by atoms with Crippen LogP contribution in [0.5, 0.6) is 5.75 Å². The number of H-pyrrole nitrogens is 1. The highest BCUT2D eigenvalue weighted by molar-refractivity contribution is 5.07. The zero-order chi connectivity index (χ0) is 7.72. The number of hydrogen-bond donors (Lipinski definition) is 3. The molecule has 0 unspecified atom stereocenters. The second-order valence-corrected chi connectivity index (χ2v) is 1.60. The summed E-state index contributed by atoms with van der Waals surface area (Å²) >= 11 is 0. The lowest BCUT2D eigenvalue weighted by atomic mass is 10.6. The number of rotatable bonds is 0. The first-order chi connectivity index (χ1) is 4.63. The third-order valence-corrected chi connectivity index (χ3v) is 0.936. The van der Waals surface area contributed by atoms with Gasteiger partial charge in [-0.05, 0) is 0 Å². The molecule has 0 aliphatic carbocycles. The molecule has 1 heterocycles. The van der Waals surface area contributed by atoms with Crippen molar-refractivity contribution in [2.45, 2.75) is 0 Å². The van der Waals surface area contributed by atoms with Crippen molar-refractivity contribution in [2.75, 3.05) is 0 Å². The summed E-state index contributed by atoms with van der Waals surface area (Å²) in [6.07, 6.45) is 0.803. The zero-order valence-electron chi connectivity index (χ0n) is 4.74. The van der Waals surface area contributed by atoms with E-state index in [1.165, 1.54) is 0 Å². The number of nitrogens with one attached hydrogen (secondary N) is 1. The average Bonchev–Trinajstić information content (AvgIpc) is 1.93. The van der Waals surface area contributed by atoms with Gasteiger partial charge in [-0.15, -0.1) is 0 Å². The quantitative estimate of drug-likeness (QED) is 0.385. The topological polar surface area (TPSA) is 95.3 Å². The van der Waals surface area contributed by atoms with Crippen LogP contribution in [0.25, 0.3) is 0 Å². The van der Waals surface area contributed by atoms with Gasteiger partial charge >= 0.3 is 11.2 Å². The highest BCUT2D eigenvalue weighted by atomic mass is 16.5. The van der Waals surface area contributed by atoms with Crippen molar-refractivity contribution in [3.05, 3.63) is 27.0 Å². The number of hydrogen-bond acceptors (Lipinski definition) is 4. The first-order valence-corrected chi connectivity index (χ1v) is 2.36. The van der Waals surface area contributed by atoms with E-state index >= 15 is 0 Å². The highest BCUT2D eigenvalue weighted by Crippen LogP contribution is 1.88. The second kappa shape index (κ2) is 1.90. The van der Waals surface area contributed by atoms with Gasteiger partial charge in [0, 0.05) is 0 Å². The van der Waals surface area contributed by atoms with Crippen molar-refractivity contribution in [3.63, 3.8) is 0 Å². The van der Waals surface area contributed by atoms with E-state index in [2.05, 4.69) is 0 Å². The predicted octanol–water partition coefficient (Wildman–Crippen LogP) is -1.52. The van der Waals surface area contributed by atoms with Crippen LogP contribution >= 0.6 is 0 Å². The lowest BCUT2D eigenvalue weighted by molar-refractivity contribution is 0.156.